The summed E-state index contributed by atoms with van der Waals surface area (Å²) in [4.78, 5) is 0. The van der Waals surface area contributed by atoms with Gasteiger partial charge in [-0.15, -0.1) is 0 Å². The van der Waals surface area contributed by atoms with Crippen molar-refractivity contribution in [2.24, 2.45) is 0 Å². The van der Waals surface area contributed by atoms with Gasteiger partial charge in [-0.05, 0) is 6.92 Å². The summed E-state index contributed by atoms with van der Waals surface area (Å²) < 4.78 is 0. The van der Waals surface area contributed by atoms with Crippen LogP contribution in [0.3, 0.4) is 0 Å². The molecule has 0 saturated heterocycles. The van der Waals surface area contributed by atoms with Crippen LogP contribution in [-0.4, -0.2) is 5.11 Å². The number of rotatable bonds is 0. The molecule has 0 aromatic rings. The maximum Gasteiger partial charge on any atom is 0.0748 e. The van der Waals surface area contributed by atoms with Crippen LogP contribution in [0.25, 0.3) is 0 Å². The molecule has 0 heterocycles. The zero-order valence-electron chi connectivity index (χ0n) is 2.60. The van der Waals surface area contributed by atoms with Crippen LogP contribution in [0.5, 0.6) is 0 Å². The Morgan fingerprint density at radius 3 is 2.00 bits per heavy atom. The first-order valence-corrected chi connectivity index (χ1v) is 1.17. The molecule has 0 aromatic heterocycles. The number of aliphatic hydroxyl groups excluding tert-OH is 1. The van der Waals surface area contributed by atoms with Gasteiger partial charge in [-0.2, -0.15) is 0 Å². The van der Waals surface area contributed by atoms with Crippen LogP contribution in [0.15, 0.2) is 12.3 Å². The van der Waals surface area contributed by atoms with Gasteiger partial charge < -0.3 is 5.11 Å². The molecular weight excluding hydrogens is 52.0 g/mol. The molecule has 0 amide bonds. The highest BCUT2D eigenvalue weighted by atomic mass is 16.2. The van der Waals surface area contributed by atoms with Crippen molar-refractivity contribution < 1.29 is 5.11 Å². The van der Waals surface area contributed by atoms with Crippen LogP contribution in [-0.2, 0) is 0 Å². The molecule has 0 aliphatic rings. The van der Waals surface area contributed by atoms with Crippen LogP contribution in [0.4, 0.5) is 0 Å². The van der Waals surface area contributed by atoms with Crippen LogP contribution < -0.4 is 0 Å². The maximum atomic E-state index is 7.69. The van der Waals surface area contributed by atoms with E-state index in [9.17, 15) is 0 Å². The van der Waals surface area contributed by atoms with Gasteiger partial charge in [0.1, 0.15) is 0 Å². The third kappa shape index (κ3) is 1.54. The van der Waals surface area contributed by atoms with Gasteiger partial charge in [-0.3, -0.25) is 0 Å². The molecule has 4 heavy (non-hydrogen) atoms. The Labute approximate surface area is 25.6 Å². The summed E-state index contributed by atoms with van der Waals surface area (Å²) in [5.74, 6) is 0. The SMILES string of the molecule is CC=CO. The monoisotopic (exact) mass is 58.0 g/mol. The normalized spacial score (nSPS) is 9.25. The first-order valence-electron chi connectivity index (χ1n) is 1.17. The molecule has 0 spiro atoms. The van der Waals surface area contributed by atoms with Crippen molar-refractivity contribution >= 4 is 0 Å². The van der Waals surface area contributed by atoms with Gasteiger partial charge in [0.05, 0.1) is 6.26 Å². The number of hydrogen-bond donors (Lipinski definition) is 1. The fourth-order valence-corrected chi connectivity index (χ4v) is 0. The molecule has 0 aliphatic heterocycles. The molecule has 0 saturated carbocycles. The highest BCUT2D eigenvalue weighted by molar-refractivity contribution is 4.60. The van der Waals surface area contributed by atoms with Crippen molar-refractivity contribution in [3.63, 3.8) is 0 Å². The first kappa shape index (κ1) is 3.54. The Hall–Kier alpha value is -0.460. The molecular formula is C3H6O. The summed E-state index contributed by atoms with van der Waals surface area (Å²) in [5.41, 5.74) is 0. The summed E-state index contributed by atoms with van der Waals surface area (Å²) in [6.07, 6.45) is 2.56. The fourth-order valence-electron chi connectivity index (χ4n) is 0. The zero-order chi connectivity index (χ0) is 3.41. The van der Waals surface area contributed by atoms with E-state index >= 15 is 0 Å². The number of aliphatic hydroxyl groups is 1. The van der Waals surface area contributed by atoms with Gasteiger partial charge >= 0.3 is 0 Å². The minimum Gasteiger partial charge on any atom is -0.516 e. The Bertz CT molecular complexity index is 18.5. The number of hydrogen-bond acceptors (Lipinski definition) is 1. The molecule has 0 rings (SSSR count). The standard InChI is InChI=1S/C3H6O/c1-2-3-4/h2-4H,1H3. The summed E-state index contributed by atoms with van der Waals surface area (Å²) in [5, 5.41) is 7.69. The Kier molecular flexibility index (Phi) is 2.25. The highest BCUT2D eigenvalue weighted by Gasteiger charge is 1.35. The average Bonchev–Trinajstić information content (AvgIpc) is 1.37. The first-order chi connectivity index (χ1) is 1.91. The molecule has 1 N–H and O–H groups in total. The second-order valence-corrected chi connectivity index (χ2v) is 0.482. The molecule has 0 aliphatic carbocycles. The van der Waals surface area contributed by atoms with Gasteiger partial charge in [0.2, 0.25) is 0 Å². The minimum absolute atomic E-state index is 1.00. The summed E-state index contributed by atoms with van der Waals surface area (Å²) in [6.45, 7) is 1.75. The van der Waals surface area contributed by atoms with E-state index in [0.29, 0.717) is 0 Å². The minimum atomic E-state index is 1.00. The van der Waals surface area contributed by atoms with Crippen molar-refractivity contribution in [3.8, 4) is 0 Å². The smallest absolute Gasteiger partial charge is 0.0748 e. The predicted molar refractivity (Wildman–Crippen MR) is 17.4 cm³/mol. The highest BCUT2D eigenvalue weighted by Crippen LogP contribution is 1.51. The topological polar surface area (TPSA) is 20.2 Å². The zero-order valence-corrected chi connectivity index (χ0v) is 2.60. The van der Waals surface area contributed by atoms with Crippen LogP contribution in [0.2, 0.25) is 0 Å². The van der Waals surface area contributed by atoms with Gasteiger partial charge in [0, 0.05) is 0 Å². The van der Waals surface area contributed by atoms with Crippen LogP contribution in [0, 0.1) is 0 Å². The summed E-state index contributed by atoms with van der Waals surface area (Å²) in [6, 6.07) is 0. The molecule has 0 fully saturated rings. The van der Waals surface area contributed by atoms with E-state index in [0.717, 1.165) is 6.26 Å². The fraction of sp³-hybridized carbons (Fsp3) is 0.333. The van der Waals surface area contributed by atoms with Crippen molar-refractivity contribution in [2.45, 2.75) is 6.92 Å². The van der Waals surface area contributed by atoms with Gasteiger partial charge in [-0.25, -0.2) is 0 Å². The Morgan fingerprint density at radius 2 is 2.00 bits per heavy atom. The lowest BCUT2D eigenvalue weighted by atomic mass is 10.8. The molecule has 1 heteroatoms. The molecule has 0 unspecified atom stereocenters. The third-order valence-electron chi connectivity index (χ3n) is 0.149. The largest absolute Gasteiger partial charge is 0.516 e. The Morgan fingerprint density at radius 1 is 1.75 bits per heavy atom. The third-order valence-corrected chi connectivity index (χ3v) is 0.149. The van der Waals surface area contributed by atoms with E-state index in [1.807, 2.05) is 0 Å². The second kappa shape index (κ2) is 2.54. The van der Waals surface area contributed by atoms with E-state index < -0.39 is 0 Å². The van der Waals surface area contributed by atoms with Gasteiger partial charge in [-0.1, -0.05) is 6.08 Å². The molecule has 0 atom stereocenters. The van der Waals surface area contributed by atoms with Crippen molar-refractivity contribution in [1.29, 1.82) is 0 Å². The van der Waals surface area contributed by atoms with Crippen LogP contribution >= 0.6 is 0 Å². The number of allylic oxidation sites excluding steroid dienone is 1. The Balaban J connectivity index is 2.55. The molecule has 0 aromatic carbocycles. The lowest BCUT2D eigenvalue weighted by molar-refractivity contribution is 0.472. The molecule has 0 radical (unpaired) electrons. The van der Waals surface area contributed by atoms with E-state index in [-0.39, 0.29) is 0 Å². The van der Waals surface area contributed by atoms with Crippen molar-refractivity contribution in [3.05, 3.63) is 12.3 Å². The van der Waals surface area contributed by atoms with E-state index in [2.05, 4.69) is 0 Å². The molecule has 0 bridgehead atoms. The maximum absolute atomic E-state index is 7.69. The lowest BCUT2D eigenvalue weighted by Gasteiger charge is -1.53. The van der Waals surface area contributed by atoms with Gasteiger partial charge in [0.15, 0.2) is 0 Å². The van der Waals surface area contributed by atoms with E-state index in [4.69, 9.17) is 5.11 Å². The summed E-state index contributed by atoms with van der Waals surface area (Å²) in [7, 11) is 0. The summed E-state index contributed by atoms with van der Waals surface area (Å²) >= 11 is 0. The van der Waals surface area contributed by atoms with E-state index in [1.54, 1.807) is 13.0 Å². The van der Waals surface area contributed by atoms with E-state index in [1.165, 1.54) is 0 Å². The predicted octanol–water partition coefficient (Wildman–Crippen LogP) is 1.08. The lowest BCUT2D eigenvalue weighted by Crippen LogP contribution is -1.36. The quantitative estimate of drug-likeness (QED) is 0.413. The molecule has 1 nitrogen and oxygen atoms in total. The van der Waals surface area contributed by atoms with Crippen LogP contribution in [0.1, 0.15) is 6.92 Å². The average molecular weight is 58.1 g/mol. The molecule has 24 valence electrons. The second-order valence-electron chi connectivity index (χ2n) is 0.482. The van der Waals surface area contributed by atoms with Crippen molar-refractivity contribution in [1.82, 2.24) is 0 Å². The van der Waals surface area contributed by atoms with Gasteiger partial charge in [0.25, 0.3) is 0 Å². The van der Waals surface area contributed by atoms with Crippen molar-refractivity contribution in [2.75, 3.05) is 0 Å².